The molecule has 106 valence electrons. The highest BCUT2D eigenvalue weighted by atomic mass is 79.9. The Hall–Kier alpha value is -1.95. The van der Waals surface area contributed by atoms with E-state index in [-0.39, 0.29) is 23.2 Å². The molecule has 6 heteroatoms. The molecular formula is C14H14BrNO4. The predicted octanol–water partition coefficient (Wildman–Crippen LogP) is 2.73. The number of amides is 1. The average Bonchev–Trinajstić information content (AvgIpc) is 2.82. The first-order valence-electron chi connectivity index (χ1n) is 6.02. The van der Waals surface area contributed by atoms with E-state index in [1.807, 2.05) is 6.92 Å². The fourth-order valence-electron chi connectivity index (χ4n) is 1.83. The van der Waals surface area contributed by atoms with Crippen LogP contribution in [0.25, 0.3) is 0 Å². The Morgan fingerprint density at radius 1 is 1.30 bits per heavy atom. The van der Waals surface area contributed by atoms with Crippen LogP contribution in [0.3, 0.4) is 0 Å². The van der Waals surface area contributed by atoms with Gasteiger partial charge in [0.15, 0.2) is 21.9 Å². The van der Waals surface area contributed by atoms with E-state index < -0.39 is 0 Å². The van der Waals surface area contributed by atoms with Crippen LogP contribution < -0.4 is 5.32 Å². The number of aromatic hydroxyl groups is 2. The Kier molecular flexibility index (Phi) is 4.34. The zero-order valence-corrected chi connectivity index (χ0v) is 12.4. The summed E-state index contributed by atoms with van der Waals surface area (Å²) in [6, 6.07) is 6.23. The number of furan rings is 1. The third-order valence-corrected chi connectivity index (χ3v) is 3.34. The number of nitrogens with one attached hydrogen (secondary N) is 1. The number of phenols is 2. The van der Waals surface area contributed by atoms with E-state index in [9.17, 15) is 15.0 Å². The van der Waals surface area contributed by atoms with Crippen LogP contribution in [0.2, 0.25) is 0 Å². The van der Waals surface area contributed by atoms with Crippen molar-refractivity contribution in [1.29, 1.82) is 0 Å². The molecular weight excluding hydrogens is 326 g/mol. The molecule has 0 atom stereocenters. The monoisotopic (exact) mass is 339 g/mol. The van der Waals surface area contributed by atoms with Crippen LogP contribution in [0.1, 0.15) is 21.7 Å². The lowest BCUT2D eigenvalue weighted by Gasteiger charge is -2.08. The standard InChI is InChI=1S/C14H14BrNO4/c1-8-6-10(17)11(18)7-9(8)4-5-16-14(19)12-2-3-13(15)20-12/h2-3,6-7,17-18H,4-5H2,1H3,(H,16,19). The van der Waals surface area contributed by atoms with Crippen LogP contribution >= 0.6 is 15.9 Å². The molecule has 5 nitrogen and oxygen atoms in total. The fraction of sp³-hybridized carbons (Fsp3) is 0.214. The van der Waals surface area contributed by atoms with Crippen LogP contribution in [-0.4, -0.2) is 22.7 Å². The second-order valence-corrected chi connectivity index (χ2v) is 5.16. The van der Waals surface area contributed by atoms with E-state index >= 15 is 0 Å². The number of halogens is 1. The second-order valence-electron chi connectivity index (χ2n) is 4.38. The van der Waals surface area contributed by atoms with Gasteiger partial charge in [0.25, 0.3) is 5.91 Å². The maximum atomic E-state index is 11.7. The Labute approximate surface area is 124 Å². The van der Waals surface area contributed by atoms with Crippen molar-refractivity contribution in [2.45, 2.75) is 13.3 Å². The van der Waals surface area contributed by atoms with Crippen molar-refractivity contribution in [3.05, 3.63) is 45.8 Å². The summed E-state index contributed by atoms with van der Waals surface area (Å²) < 4.78 is 5.64. The minimum absolute atomic E-state index is 0.143. The van der Waals surface area contributed by atoms with E-state index in [0.717, 1.165) is 11.1 Å². The number of benzene rings is 1. The van der Waals surface area contributed by atoms with Gasteiger partial charge in [-0.05, 0) is 64.7 Å². The van der Waals surface area contributed by atoms with E-state index in [0.29, 0.717) is 17.6 Å². The lowest BCUT2D eigenvalue weighted by molar-refractivity contribution is 0.0925. The van der Waals surface area contributed by atoms with Gasteiger partial charge in [-0.25, -0.2) is 0 Å². The van der Waals surface area contributed by atoms with Crippen LogP contribution in [0.5, 0.6) is 11.5 Å². The Balaban J connectivity index is 1.93. The molecule has 0 aliphatic heterocycles. The molecule has 0 fully saturated rings. The highest BCUT2D eigenvalue weighted by Crippen LogP contribution is 2.28. The zero-order chi connectivity index (χ0) is 14.7. The lowest BCUT2D eigenvalue weighted by Crippen LogP contribution is -2.25. The molecule has 2 rings (SSSR count). The molecule has 1 heterocycles. The molecule has 0 saturated carbocycles. The first-order chi connectivity index (χ1) is 9.47. The molecule has 2 aromatic rings. The van der Waals surface area contributed by atoms with Crippen molar-refractivity contribution in [3.63, 3.8) is 0 Å². The molecule has 0 spiro atoms. The summed E-state index contributed by atoms with van der Waals surface area (Å²) in [5.41, 5.74) is 1.72. The van der Waals surface area contributed by atoms with Gasteiger partial charge in [-0.1, -0.05) is 0 Å². The highest BCUT2D eigenvalue weighted by molar-refractivity contribution is 9.10. The van der Waals surface area contributed by atoms with Crippen LogP contribution in [0.15, 0.2) is 33.4 Å². The number of carbonyl (C=O) groups excluding carboxylic acids is 1. The van der Waals surface area contributed by atoms with Gasteiger partial charge in [0, 0.05) is 6.54 Å². The Morgan fingerprint density at radius 3 is 2.65 bits per heavy atom. The van der Waals surface area contributed by atoms with Crippen molar-refractivity contribution >= 4 is 21.8 Å². The summed E-state index contributed by atoms with van der Waals surface area (Å²) in [6.07, 6.45) is 0.549. The van der Waals surface area contributed by atoms with Crippen molar-refractivity contribution in [2.75, 3.05) is 6.54 Å². The second kappa shape index (κ2) is 6.00. The van der Waals surface area contributed by atoms with E-state index in [2.05, 4.69) is 21.2 Å². The number of hydrogen-bond donors (Lipinski definition) is 3. The summed E-state index contributed by atoms with van der Waals surface area (Å²) in [6.45, 7) is 2.24. The molecule has 0 bridgehead atoms. The van der Waals surface area contributed by atoms with Gasteiger partial charge >= 0.3 is 0 Å². The van der Waals surface area contributed by atoms with Gasteiger partial charge in [-0.2, -0.15) is 0 Å². The molecule has 1 aromatic heterocycles. The van der Waals surface area contributed by atoms with Crippen LogP contribution in [0.4, 0.5) is 0 Å². The normalized spacial score (nSPS) is 10.5. The SMILES string of the molecule is Cc1cc(O)c(O)cc1CCNC(=O)c1ccc(Br)o1. The summed E-state index contributed by atoms with van der Waals surface area (Å²) >= 11 is 3.13. The smallest absolute Gasteiger partial charge is 0.287 e. The van der Waals surface area contributed by atoms with Gasteiger partial charge in [0.05, 0.1) is 0 Å². The maximum Gasteiger partial charge on any atom is 0.287 e. The number of carbonyl (C=O) groups is 1. The van der Waals surface area contributed by atoms with Gasteiger partial charge in [0.1, 0.15) is 0 Å². The average molecular weight is 340 g/mol. The number of hydrogen-bond acceptors (Lipinski definition) is 4. The predicted molar refractivity (Wildman–Crippen MR) is 77.0 cm³/mol. The first kappa shape index (κ1) is 14.5. The van der Waals surface area contributed by atoms with Crippen molar-refractivity contribution < 1.29 is 19.4 Å². The third-order valence-electron chi connectivity index (χ3n) is 2.91. The zero-order valence-electron chi connectivity index (χ0n) is 10.8. The lowest BCUT2D eigenvalue weighted by atomic mass is 10.0. The number of phenolic OH excluding ortho intramolecular Hbond substituents is 2. The summed E-state index contributed by atoms with van der Waals surface area (Å²) in [5, 5.41) is 21.5. The van der Waals surface area contributed by atoms with Gasteiger partial charge in [-0.3, -0.25) is 4.79 Å². The Bertz CT molecular complexity index is 636. The van der Waals surface area contributed by atoms with Crippen LogP contribution in [-0.2, 0) is 6.42 Å². The number of aryl methyl sites for hydroxylation is 1. The topological polar surface area (TPSA) is 82.7 Å². The minimum Gasteiger partial charge on any atom is -0.504 e. The molecule has 20 heavy (non-hydrogen) atoms. The molecule has 0 aliphatic rings. The molecule has 0 radical (unpaired) electrons. The largest absolute Gasteiger partial charge is 0.504 e. The molecule has 0 aliphatic carbocycles. The molecule has 0 saturated heterocycles. The molecule has 1 aromatic carbocycles. The quantitative estimate of drug-likeness (QED) is 0.748. The van der Waals surface area contributed by atoms with E-state index in [4.69, 9.17) is 4.42 Å². The molecule has 0 unspecified atom stereocenters. The van der Waals surface area contributed by atoms with E-state index in [1.54, 1.807) is 12.1 Å². The first-order valence-corrected chi connectivity index (χ1v) is 6.81. The van der Waals surface area contributed by atoms with Crippen molar-refractivity contribution in [1.82, 2.24) is 5.32 Å². The number of rotatable bonds is 4. The van der Waals surface area contributed by atoms with Crippen molar-refractivity contribution in [2.24, 2.45) is 0 Å². The molecule has 1 amide bonds. The minimum atomic E-state index is -0.295. The van der Waals surface area contributed by atoms with Gasteiger partial charge in [0.2, 0.25) is 0 Å². The van der Waals surface area contributed by atoms with E-state index in [1.165, 1.54) is 12.1 Å². The summed E-state index contributed by atoms with van der Waals surface area (Å²) in [4.78, 5) is 11.7. The summed E-state index contributed by atoms with van der Waals surface area (Å²) in [7, 11) is 0. The van der Waals surface area contributed by atoms with Crippen molar-refractivity contribution in [3.8, 4) is 11.5 Å². The third kappa shape index (κ3) is 3.33. The highest BCUT2D eigenvalue weighted by Gasteiger charge is 2.10. The fourth-order valence-corrected chi connectivity index (χ4v) is 2.13. The van der Waals surface area contributed by atoms with Gasteiger partial charge < -0.3 is 19.9 Å². The summed E-state index contributed by atoms with van der Waals surface area (Å²) in [5.74, 6) is -0.360. The van der Waals surface area contributed by atoms with Crippen LogP contribution in [0, 0.1) is 6.92 Å². The molecule has 3 N–H and O–H groups in total. The maximum absolute atomic E-state index is 11.7. The van der Waals surface area contributed by atoms with Gasteiger partial charge in [-0.15, -0.1) is 0 Å². The Morgan fingerprint density at radius 2 is 2.00 bits per heavy atom.